The van der Waals surface area contributed by atoms with Crippen molar-refractivity contribution in [3.63, 3.8) is 0 Å². The molecule has 1 aliphatic rings. The third kappa shape index (κ3) is 3.65. The van der Waals surface area contributed by atoms with E-state index in [2.05, 4.69) is 45.1 Å². The Hall–Kier alpha value is -1.35. The second-order valence-corrected chi connectivity index (χ2v) is 7.43. The van der Waals surface area contributed by atoms with Crippen LogP contribution in [0, 0.1) is 0 Å². The molecule has 1 N–H and O–H groups in total. The average Bonchev–Trinajstić information content (AvgIpc) is 2.47. The molecule has 0 spiro atoms. The summed E-state index contributed by atoms with van der Waals surface area (Å²) in [5, 5.41) is 3.37. The van der Waals surface area contributed by atoms with Gasteiger partial charge in [0.2, 0.25) is 0 Å². The van der Waals surface area contributed by atoms with Gasteiger partial charge in [0.1, 0.15) is 0 Å². The SMILES string of the molecule is CNC1(C)CCN(C(=O)c2ccc(C(C)(C)C)cc2)CC1. The summed E-state index contributed by atoms with van der Waals surface area (Å²) in [4.78, 5) is 14.5. The number of nitrogens with one attached hydrogen (secondary N) is 1. The van der Waals surface area contributed by atoms with Crippen LogP contribution >= 0.6 is 0 Å². The van der Waals surface area contributed by atoms with Gasteiger partial charge in [-0.1, -0.05) is 32.9 Å². The molecule has 0 saturated carbocycles. The monoisotopic (exact) mass is 288 g/mol. The third-order valence-electron chi connectivity index (χ3n) is 4.76. The van der Waals surface area contributed by atoms with E-state index in [1.54, 1.807) is 0 Å². The molecular formula is C18H28N2O. The minimum Gasteiger partial charge on any atom is -0.339 e. The molecule has 1 fully saturated rings. The van der Waals surface area contributed by atoms with E-state index in [1.807, 2.05) is 24.1 Å². The topological polar surface area (TPSA) is 32.3 Å². The number of hydrogen-bond donors (Lipinski definition) is 1. The number of hydrogen-bond acceptors (Lipinski definition) is 2. The van der Waals surface area contributed by atoms with E-state index in [9.17, 15) is 4.79 Å². The Kier molecular flexibility index (Phi) is 4.43. The highest BCUT2D eigenvalue weighted by molar-refractivity contribution is 5.94. The Morgan fingerprint density at radius 1 is 1.14 bits per heavy atom. The van der Waals surface area contributed by atoms with Crippen molar-refractivity contribution in [3.8, 4) is 0 Å². The van der Waals surface area contributed by atoms with E-state index in [1.165, 1.54) is 5.56 Å². The van der Waals surface area contributed by atoms with E-state index in [0.29, 0.717) is 0 Å². The number of benzene rings is 1. The standard InChI is InChI=1S/C18H28N2O/c1-17(2,3)15-8-6-14(7-9-15)16(21)20-12-10-18(4,19-5)11-13-20/h6-9,19H,10-13H2,1-5H3. The molecule has 1 aromatic carbocycles. The van der Waals surface area contributed by atoms with E-state index in [-0.39, 0.29) is 16.9 Å². The molecule has 0 radical (unpaired) electrons. The quantitative estimate of drug-likeness (QED) is 0.906. The number of carbonyl (C=O) groups excluding carboxylic acids is 1. The van der Waals surface area contributed by atoms with Crippen molar-refractivity contribution in [3.05, 3.63) is 35.4 Å². The smallest absolute Gasteiger partial charge is 0.253 e. The van der Waals surface area contributed by atoms with E-state index in [4.69, 9.17) is 0 Å². The largest absolute Gasteiger partial charge is 0.339 e. The van der Waals surface area contributed by atoms with E-state index < -0.39 is 0 Å². The Labute approximate surface area is 128 Å². The van der Waals surface area contributed by atoms with Gasteiger partial charge in [-0.3, -0.25) is 4.79 Å². The molecule has 1 heterocycles. The lowest BCUT2D eigenvalue weighted by atomic mass is 9.86. The summed E-state index contributed by atoms with van der Waals surface area (Å²) in [6, 6.07) is 8.09. The first-order valence-electron chi connectivity index (χ1n) is 7.84. The Morgan fingerprint density at radius 2 is 1.67 bits per heavy atom. The summed E-state index contributed by atoms with van der Waals surface area (Å²) in [5.41, 5.74) is 2.37. The number of amides is 1. The van der Waals surface area contributed by atoms with Crippen molar-refractivity contribution >= 4 is 5.91 Å². The van der Waals surface area contributed by atoms with Crippen LogP contribution in [0.4, 0.5) is 0 Å². The van der Waals surface area contributed by atoms with Crippen LogP contribution < -0.4 is 5.32 Å². The highest BCUT2D eigenvalue weighted by atomic mass is 16.2. The average molecular weight is 288 g/mol. The van der Waals surface area contributed by atoms with Gasteiger partial charge in [0, 0.05) is 24.2 Å². The summed E-state index contributed by atoms with van der Waals surface area (Å²) in [7, 11) is 2.00. The van der Waals surface area contributed by atoms with E-state index >= 15 is 0 Å². The number of likely N-dealkylation sites (tertiary alicyclic amines) is 1. The molecular weight excluding hydrogens is 260 g/mol. The predicted molar refractivity (Wildman–Crippen MR) is 87.7 cm³/mol. The van der Waals surface area contributed by atoms with Gasteiger partial charge in [-0.05, 0) is 49.9 Å². The first-order chi connectivity index (χ1) is 9.75. The number of carbonyl (C=O) groups is 1. The van der Waals surface area contributed by atoms with Crippen LogP contribution in [-0.2, 0) is 5.41 Å². The van der Waals surface area contributed by atoms with Gasteiger partial charge < -0.3 is 10.2 Å². The first-order valence-corrected chi connectivity index (χ1v) is 7.84. The summed E-state index contributed by atoms with van der Waals surface area (Å²) < 4.78 is 0. The Bertz CT molecular complexity index is 491. The van der Waals surface area contributed by atoms with Crippen LogP contribution in [0.5, 0.6) is 0 Å². The van der Waals surface area contributed by atoms with Gasteiger partial charge in [0.05, 0.1) is 0 Å². The van der Waals surface area contributed by atoms with Crippen molar-refractivity contribution in [2.45, 2.75) is 51.5 Å². The fourth-order valence-corrected chi connectivity index (χ4v) is 2.75. The second kappa shape index (κ2) is 5.80. The first kappa shape index (κ1) is 16.0. The van der Waals surface area contributed by atoms with Crippen LogP contribution in [0.3, 0.4) is 0 Å². The lowest BCUT2D eigenvalue weighted by molar-refractivity contribution is 0.0662. The zero-order valence-electron chi connectivity index (χ0n) is 14.0. The fraction of sp³-hybridized carbons (Fsp3) is 0.611. The normalized spacial score (nSPS) is 18.6. The van der Waals surface area contributed by atoms with Crippen molar-refractivity contribution < 1.29 is 4.79 Å². The molecule has 0 bridgehead atoms. The molecule has 3 heteroatoms. The Balaban J connectivity index is 2.04. The molecule has 0 atom stereocenters. The highest BCUT2D eigenvalue weighted by Crippen LogP contribution is 2.24. The number of nitrogens with zero attached hydrogens (tertiary/aromatic N) is 1. The maximum atomic E-state index is 12.6. The molecule has 2 rings (SSSR count). The van der Waals surface area contributed by atoms with Crippen LogP contribution in [0.25, 0.3) is 0 Å². The van der Waals surface area contributed by atoms with Crippen molar-refractivity contribution in [1.29, 1.82) is 0 Å². The van der Waals surface area contributed by atoms with Gasteiger partial charge >= 0.3 is 0 Å². The minimum atomic E-state index is 0.126. The third-order valence-corrected chi connectivity index (χ3v) is 4.76. The van der Waals surface area contributed by atoms with Gasteiger partial charge in [-0.15, -0.1) is 0 Å². The van der Waals surface area contributed by atoms with Gasteiger partial charge in [-0.25, -0.2) is 0 Å². The van der Waals surface area contributed by atoms with Gasteiger partial charge in [-0.2, -0.15) is 0 Å². The van der Waals surface area contributed by atoms with E-state index in [0.717, 1.165) is 31.5 Å². The molecule has 1 saturated heterocycles. The summed E-state index contributed by atoms with van der Waals surface area (Å²) in [6.07, 6.45) is 2.02. The van der Waals surface area contributed by atoms with Gasteiger partial charge in [0.15, 0.2) is 0 Å². The lowest BCUT2D eigenvalue weighted by Gasteiger charge is -2.39. The molecule has 1 amide bonds. The molecule has 0 unspecified atom stereocenters. The van der Waals surface area contributed by atoms with Crippen LogP contribution in [-0.4, -0.2) is 36.5 Å². The van der Waals surface area contributed by atoms with Crippen LogP contribution in [0.1, 0.15) is 56.5 Å². The maximum Gasteiger partial charge on any atom is 0.253 e. The summed E-state index contributed by atoms with van der Waals surface area (Å²) in [6.45, 7) is 10.5. The fourth-order valence-electron chi connectivity index (χ4n) is 2.75. The molecule has 3 nitrogen and oxygen atoms in total. The molecule has 21 heavy (non-hydrogen) atoms. The summed E-state index contributed by atoms with van der Waals surface area (Å²) in [5.74, 6) is 0.161. The lowest BCUT2D eigenvalue weighted by Crippen LogP contribution is -2.51. The molecule has 1 aliphatic heterocycles. The zero-order valence-corrected chi connectivity index (χ0v) is 14.0. The van der Waals surface area contributed by atoms with Crippen molar-refractivity contribution in [2.75, 3.05) is 20.1 Å². The summed E-state index contributed by atoms with van der Waals surface area (Å²) >= 11 is 0. The predicted octanol–water partition coefficient (Wildman–Crippen LogP) is 3.20. The maximum absolute atomic E-state index is 12.6. The van der Waals surface area contributed by atoms with Gasteiger partial charge in [0.25, 0.3) is 5.91 Å². The molecule has 0 aromatic heterocycles. The zero-order chi connectivity index (χ0) is 15.7. The van der Waals surface area contributed by atoms with Crippen molar-refractivity contribution in [2.24, 2.45) is 0 Å². The molecule has 0 aliphatic carbocycles. The Morgan fingerprint density at radius 3 is 2.10 bits per heavy atom. The highest BCUT2D eigenvalue weighted by Gasteiger charge is 2.30. The number of rotatable bonds is 2. The number of piperidine rings is 1. The second-order valence-electron chi connectivity index (χ2n) is 7.43. The van der Waals surface area contributed by atoms with Crippen molar-refractivity contribution in [1.82, 2.24) is 10.2 Å². The van der Waals surface area contributed by atoms with Crippen LogP contribution in [0.2, 0.25) is 0 Å². The molecule has 1 aromatic rings. The minimum absolute atomic E-state index is 0.126. The molecule has 116 valence electrons. The van der Waals surface area contributed by atoms with Crippen LogP contribution in [0.15, 0.2) is 24.3 Å².